The zero-order valence-corrected chi connectivity index (χ0v) is 12.9. The Hall–Kier alpha value is -1.84. The van der Waals surface area contributed by atoms with Crippen molar-refractivity contribution in [2.75, 3.05) is 13.1 Å². The van der Waals surface area contributed by atoms with E-state index in [2.05, 4.69) is 36.5 Å². The molecule has 1 aromatic rings. The highest BCUT2D eigenvalue weighted by Gasteiger charge is 2.22. The van der Waals surface area contributed by atoms with Gasteiger partial charge in [-0.3, -0.25) is 9.59 Å². The number of rotatable bonds is 4. The summed E-state index contributed by atoms with van der Waals surface area (Å²) in [4.78, 5) is 25.1. The second kappa shape index (κ2) is 7.25. The van der Waals surface area contributed by atoms with Crippen LogP contribution in [-0.2, 0) is 16.0 Å². The van der Waals surface area contributed by atoms with Crippen LogP contribution in [0.1, 0.15) is 37.3 Å². The molecule has 0 atom stereocenters. The van der Waals surface area contributed by atoms with Gasteiger partial charge in [-0.25, -0.2) is 0 Å². The van der Waals surface area contributed by atoms with Gasteiger partial charge >= 0.3 is 0 Å². The van der Waals surface area contributed by atoms with Crippen molar-refractivity contribution < 1.29 is 9.59 Å². The van der Waals surface area contributed by atoms with Gasteiger partial charge in [0.05, 0.1) is 0 Å². The predicted octanol–water partition coefficient (Wildman–Crippen LogP) is 2.05. The first-order chi connectivity index (χ1) is 10.0. The van der Waals surface area contributed by atoms with Gasteiger partial charge in [-0.2, -0.15) is 0 Å². The van der Waals surface area contributed by atoms with E-state index in [-0.39, 0.29) is 17.9 Å². The molecule has 0 saturated carbocycles. The molecular formula is C17H24N2O2. The van der Waals surface area contributed by atoms with Gasteiger partial charge in [-0.1, -0.05) is 29.8 Å². The van der Waals surface area contributed by atoms with E-state index < -0.39 is 0 Å². The molecule has 0 aliphatic carbocycles. The summed E-state index contributed by atoms with van der Waals surface area (Å²) in [6.07, 6.45) is 3.07. The molecule has 0 unspecified atom stereocenters. The number of hydrogen-bond acceptors (Lipinski definition) is 2. The molecule has 1 fully saturated rings. The average molecular weight is 288 g/mol. The molecule has 1 saturated heterocycles. The number of piperidine rings is 1. The Labute approximate surface area is 126 Å². The smallest absolute Gasteiger partial charge is 0.222 e. The lowest BCUT2D eigenvalue weighted by Gasteiger charge is -2.32. The summed E-state index contributed by atoms with van der Waals surface area (Å²) in [6, 6.07) is 8.57. The first-order valence-electron chi connectivity index (χ1n) is 7.65. The highest BCUT2D eigenvalue weighted by atomic mass is 16.2. The van der Waals surface area contributed by atoms with Crippen molar-refractivity contribution in [1.82, 2.24) is 10.2 Å². The van der Waals surface area contributed by atoms with E-state index in [0.29, 0.717) is 6.42 Å². The Kier molecular flexibility index (Phi) is 5.37. The zero-order chi connectivity index (χ0) is 15.2. The van der Waals surface area contributed by atoms with Crippen molar-refractivity contribution in [1.29, 1.82) is 0 Å². The standard InChI is InChI=1S/C17H24N2O2/c1-13-3-5-15(6-4-13)7-8-17(21)19-11-9-16(10-12-19)18-14(2)20/h3-6,16H,7-12H2,1-2H3,(H,18,20). The maximum Gasteiger partial charge on any atom is 0.222 e. The van der Waals surface area contributed by atoms with Crippen molar-refractivity contribution >= 4 is 11.8 Å². The Morgan fingerprint density at radius 2 is 1.81 bits per heavy atom. The number of carbonyl (C=O) groups excluding carboxylic acids is 2. The highest BCUT2D eigenvalue weighted by Crippen LogP contribution is 2.13. The van der Waals surface area contributed by atoms with E-state index in [9.17, 15) is 9.59 Å². The van der Waals surface area contributed by atoms with Crippen LogP contribution in [0, 0.1) is 6.92 Å². The minimum atomic E-state index is 0.0131. The predicted molar refractivity (Wildman–Crippen MR) is 82.9 cm³/mol. The molecule has 0 radical (unpaired) electrons. The summed E-state index contributed by atoms with van der Waals surface area (Å²) in [7, 11) is 0. The molecule has 2 rings (SSSR count). The van der Waals surface area contributed by atoms with Crippen LogP contribution in [0.5, 0.6) is 0 Å². The number of nitrogens with one attached hydrogen (secondary N) is 1. The summed E-state index contributed by atoms with van der Waals surface area (Å²) in [5.41, 5.74) is 2.45. The van der Waals surface area contributed by atoms with Crippen LogP contribution in [0.25, 0.3) is 0 Å². The second-order valence-electron chi connectivity index (χ2n) is 5.84. The topological polar surface area (TPSA) is 49.4 Å². The molecule has 1 heterocycles. The van der Waals surface area contributed by atoms with Crippen LogP contribution >= 0.6 is 0 Å². The summed E-state index contributed by atoms with van der Waals surface area (Å²) < 4.78 is 0. The van der Waals surface area contributed by atoms with Gasteiger partial charge in [0.25, 0.3) is 0 Å². The van der Waals surface area contributed by atoms with Gasteiger partial charge in [-0.15, -0.1) is 0 Å². The fourth-order valence-electron chi connectivity index (χ4n) is 2.72. The van der Waals surface area contributed by atoms with Gasteiger partial charge in [0.15, 0.2) is 0 Å². The van der Waals surface area contributed by atoms with Crippen LogP contribution in [0.2, 0.25) is 0 Å². The number of amides is 2. The van der Waals surface area contributed by atoms with E-state index in [0.717, 1.165) is 32.4 Å². The van der Waals surface area contributed by atoms with E-state index in [1.54, 1.807) is 6.92 Å². The fourth-order valence-corrected chi connectivity index (χ4v) is 2.72. The molecule has 114 valence electrons. The average Bonchev–Trinajstić information content (AvgIpc) is 2.46. The van der Waals surface area contributed by atoms with Crippen molar-refractivity contribution in [2.45, 2.75) is 45.6 Å². The molecule has 1 aliphatic rings. The Morgan fingerprint density at radius 3 is 2.38 bits per heavy atom. The van der Waals surface area contributed by atoms with Crippen LogP contribution in [-0.4, -0.2) is 35.8 Å². The van der Waals surface area contributed by atoms with E-state index >= 15 is 0 Å². The Balaban J connectivity index is 1.74. The number of benzene rings is 1. The van der Waals surface area contributed by atoms with Crippen LogP contribution in [0.3, 0.4) is 0 Å². The monoisotopic (exact) mass is 288 g/mol. The molecule has 2 amide bonds. The number of likely N-dealkylation sites (tertiary alicyclic amines) is 1. The third kappa shape index (κ3) is 4.88. The van der Waals surface area contributed by atoms with Crippen molar-refractivity contribution in [2.24, 2.45) is 0 Å². The molecule has 4 heteroatoms. The lowest BCUT2D eigenvalue weighted by molar-refractivity contribution is -0.132. The van der Waals surface area contributed by atoms with Crippen LogP contribution in [0.15, 0.2) is 24.3 Å². The SMILES string of the molecule is CC(=O)NC1CCN(C(=O)CCc2ccc(C)cc2)CC1. The Morgan fingerprint density at radius 1 is 1.19 bits per heavy atom. The highest BCUT2D eigenvalue weighted by molar-refractivity contribution is 5.76. The summed E-state index contributed by atoms with van der Waals surface area (Å²) in [5.74, 6) is 0.232. The van der Waals surface area contributed by atoms with E-state index in [1.807, 2.05) is 4.90 Å². The lowest BCUT2D eigenvalue weighted by atomic mass is 10.0. The zero-order valence-electron chi connectivity index (χ0n) is 12.9. The number of nitrogens with zero attached hydrogens (tertiary/aromatic N) is 1. The molecule has 0 bridgehead atoms. The van der Waals surface area contributed by atoms with Gasteiger partial charge in [-0.05, 0) is 31.7 Å². The molecule has 1 aliphatic heterocycles. The quantitative estimate of drug-likeness (QED) is 0.922. The fraction of sp³-hybridized carbons (Fsp3) is 0.529. The first kappa shape index (κ1) is 15.5. The third-order valence-electron chi connectivity index (χ3n) is 4.00. The van der Waals surface area contributed by atoms with E-state index in [1.165, 1.54) is 11.1 Å². The van der Waals surface area contributed by atoms with Crippen molar-refractivity contribution in [3.8, 4) is 0 Å². The summed E-state index contributed by atoms with van der Waals surface area (Å²) in [5, 5.41) is 2.93. The molecular weight excluding hydrogens is 264 g/mol. The first-order valence-corrected chi connectivity index (χ1v) is 7.65. The van der Waals surface area contributed by atoms with Crippen LogP contribution in [0.4, 0.5) is 0 Å². The molecule has 1 N–H and O–H groups in total. The number of hydrogen-bond donors (Lipinski definition) is 1. The molecule has 0 aromatic heterocycles. The van der Waals surface area contributed by atoms with Gasteiger partial charge in [0.2, 0.25) is 11.8 Å². The largest absolute Gasteiger partial charge is 0.353 e. The molecule has 4 nitrogen and oxygen atoms in total. The van der Waals surface area contributed by atoms with Gasteiger partial charge < -0.3 is 10.2 Å². The molecule has 1 aromatic carbocycles. The van der Waals surface area contributed by atoms with Crippen LogP contribution < -0.4 is 5.32 Å². The number of carbonyl (C=O) groups is 2. The summed E-state index contributed by atoms with van der Waals surface area (Å²) >= 11 is 0. The molecule has 21 heavy (non-hydrogen) atoms. The minimum Gasteiger partial charge on any atom is -0.353 e. The van der Waals surface area contributed by atoms with Crippen molar-refractivity contribution in [3.63, 3.8) is 0 Å². The second-order valence-corrected chi connectivity index (χ2v) is 5.84. The van der Waals surface area contributed by atoms with E-state index in [4.69, 9.17) is 0 Å². The molecule has 0 spiro atoms. The number of aryl methyl sites for hydroxylation is 2. The maximum absolute atomic E-state index is 12.2. The van der Waals surface area contributed by atoms with Crippen molar-refractivity contribution in [3.05, 3.63) is 35.4 Å². The lowest BCUT2D eigenvalue weighted by Crippen LogP contribution is -2.46. The minimum absolute atomic E-state index is 0.0131. The summed E-state index contributed by atoms with van der Waals surface area (Å²) in [6.45, 7) is 5.10. The van der Waals surface area contributed by atoms with Gasteiger partial charge in [0, 0.05) is 32.5 Å². The third-order valence-corrected chi connectivity index (χ3v) is 4.00. The Bertz CT molecular complexity index is 488. The normalized spacial score (nSPS) is 15.8. The van der Waals surface area contributed by atoms with Gasteiger partial charge in [0.1, 0.15) is 0 Å². The maximum atomic E-state index is 12.2.